The Kier molecular flexibility index (Phi) is 4.44. The summed E-state index contributed by atoms with van der Waals surface area (Å²) in [5.41, 5.74) is 6.05. The lowest BCUT2D eigenvalue weighted by molar-refractivity contribution is 0.409. The maximum absolute atomic E-state index is 13.7. The van der Waals surface area contributed by atoms with Gasteiger partial charge in [0.15, 0.2) is 0 Å². The van der Waals surface area contributed by atoms with E-state index in [-0.39, 0.29) is 12.2 Å². The van der Waals surface area contributed by atoms with Crippen molar-refractivity contribution < 1.29 is 17.5 Å². The van der Waals surface area contributed by atoms with Crippen molar-refractivity contribution in [3.63, 3.8) is 0 Å². The first-order chi connectivity index (χ1) is 9.95. The van der Waals surface area contributed by atoms with Gasteiger partial charge < -0.3 is 10.5 Å². The number of nitrogen functional groups attached to an aromatic ring is 1. The molecule has 0 atom stereocenters. The van der Waals surface area contributed by atoms with Gasteiger partial charge in [-0.3, -0.25) is 0 Å². The van der Waals surface area contributed by atoms with Crippen LogP contribution in [-0.2, 0) is 16.6 Å². The van der Waals surface area contributed by atoms with Crippen LogP contribution in [0.3, 0.4) is 0 Å². The summed E-state index contributed by atoms with van der Waals surface area (Å²) in [5.74, 6) is -0.343. The number of hydrogen-bond acceptors (Lipinski definition) is 4. The molecule has 0 saturated heterocycles. The third-order valence-electron chi connectivity index (χ3n) is 2.91. The molecule has 21 heavy (non-hydrogen) atoms. The molecule has 7 heteroatoms. The number of ether oxygens (including phenoxy) is 1. The number of methoxy groups -OCH3 is 1. The van der Waals surface area contributed by atoms with E-state index in [0.29, 0.717) is 11.3 Å². The number of para-hydroxylation sites is 1. The molecule has 0 amide bonds. The molecule has 3 N–H and O–H groups in total. The van der Waals surface area contributed by atoms with Crippen LogP contribution < -0.4 is 15.2 Å². The van der Waals surface area contributed by atoms with Crippen LogP contribution in [0, 0.1) is 5.82 Å². The third-order valence-corrected chi connectivity index (χ3v) is 4.40. The Morgan fingerprint density at radius 1 is 1.19 bits per heavy atom. The predicted molar refractivity (Wildman–Crippen MR) is 77.8 cm³/mol. The van der Waals surface area contributed by atoms with Gasteiger partial charge in [-0.25, -0.2) is 17.5 Å². The molecule has 0 heterocycles. The minimum Gasteiger partial charge on any atom is -0.496 e. The Morgan fingerprint density at radius 2 is 1.90 bits per heavy atom. The van der Waals surface area contributed by atoms with Gasteiger partial charge in [-0.05, 0) is 18.2 Å². The standard InChI is InChI=1S/C14H15FN2O3S/c1-20-13-8-3-2-5-10(13)9-17-21(18,19)14-11(15)6-4-7-12(14)16/h2-8,17H,9,16H2,1H3. The number of nitrogens with two attached hydrogens (primary N) is 1. The molecular weight excluding hydrogens is 295 g/mol. The van der Waals surface area contributed by atoms with Crippen molar-refractivity contribution >= 4 is 15.7 Å². The van der Waals surface area contributed by atoms with E-state index in [1.165, 1.54) is 19.2 Å². The summed E-state index contributed by atoms with van der Waals surface area (Å²) in [5, 5.41) is 0. The SMILES string of the molecule is COc1ccccc1CNS(=O)(=O)c1c(N)cccc1F. The van der Waals surface area contributed by atoms with Gasteiger partial charge in [0.2, 0.25) is 10.0 Å². The molecule has 112 valence electrons. The Hall–Kier alpha value is -2.12. The zero-order chi connectivity index (χ0) is 15.5. The quantitative estimate of drug-likeness (QED) is 0.826. The summed E-state index contributed by atoms with van der Waals surface area (Å²) < 4.78 is 45.5. The predicted octanol–water partition coefficient (Wildman–Crippen LogP) is 1.90. The maximum atomic E-state index is 13.7. The lowest BCUT2D eigenvalue weighted by atomic mass is 10.2. The van der Waals surface area contributed by atoms with Crippen LogP contribution in [-0.4, -0.2) is 15.5 Å². The molecule has 0 saturated carbocycles. The van der Waals surface area contributed by atoms with E-state index in [4.69, 9.17) is 10.5 Å². The summed E-state index contributed by atoms with van der Waals surface area (Å²) in [4.78, 5) is -0.542. The van der Waals surface area contributed by atoms with E-state index in [1.807, 2.05) is 0 Å². The molecule has 0 aliphatic carbocycles. The average molecular weight is 310 g/mol. The van der Waals surface area contributed by atoms with Gasteiger partial charge in [0.05, 0.1) is 12.8 Å². The Bertz CT molecular complexity index is 727. The minimum absolute atomic E-state index is 0.0277. The zero-order valence-corrected chi connectivity index (χ0v) is 12.2. The molecule has 0 aromatic heterocycles. The van der Waals surface area contributed by atoms with E-state index in [9.17, 15) is 12.8 Å². The number of benzene rings is 2. The van der Waals surface area contributed by atoms with Crippen LogP contribution in [0.1, 0.15) is 5.56 Å². The highest BCUT2D eigenvalue weighted by Gasteiger charge is 2.22. The van der Waals surface area contributed by atoms with Crippen molar-refractivity contribution in [2.45, 2.75) is 11.4 Å². The fraction of sp³-hybridized carbons (Fsp3) is 0.143. The molecule has 2 rings (SSSR count). The van der Waals surface area contributed by atoms with Crippen LogP contribution in [0.2, 0.25) is 0 Å². The van der Waals surface area contributed by atoms with E-state index < -0.39 is 20.7 Å². The van der Waals surface area contributed by atoms with Crippen LogP contribution in [0.5, 0.6) is 5.75 Å². The highest BCUT2D eigenvalue weighted by Crippen LogP contribution is 2.23. The van der Waals surface area contributed by atoms with Gasteiger partial charge >= 0.3 is 0 Å². The van der Waals surface area contributed by atoms with E-state index >= 15 is 0 Å². The van der Waals surface area contributed by atoms with Gasteiger partial charge in [0.25, 0.3) is 0 Å². The van der Waals surface area contributed by atoms with Crippen molar-refractivity contribution in [1.29, 1.82) is 0 Å². The highest BCUT2D eigenvalue weighted by molar-refractivity contribution is 7.89. The van der Waals surface area contributed by atoms with Crippen molar-refractivity contribution in [2.75, 3.05) is 12.8 Å². The second-order valence-electron chi connectivity index (χ2n) is 4.29. The first kappa shape index (κ1) is 15.3. The fourth-order valence-corrected chi connectivity index (χ4v) is 3.10. The number of halogens is 1. The van der Waals surface area contributed by atoms with Crippen LogP contribution in [0.4, 0.5) is 10.1 Å². The van der Waals surface area contributed by atoms with Gasteiger partial charge in [-0.2, -0.15) is 0 Å². The molecule has 0 unspecified atom stereocenters. The minimum atomic E-state index is -4.05. The third kappa shape index (κ3) is 3.32. The number of hydrogen-bond donors (Lipinski definition) is 2. The lowest BCUT2D eigenvalue weighted by Gasteiger charge is -2.12. The molecule has 0 fully saturated rings. The molecule has 0 aliphatic rings. The molecule has 0 bridgehead atoms. The largest absolute Gasteiger partial charge is 0.496 e. The first-order valence-electron chi connectivity index (χ1n) is 6.11. The molecule has 0 aliphatic heterocycles. The first-order valence-corrected chi connectivity index (χ1v) is 7.59. The number of rotatable bonds is 5. The molecular formula is C14H15FN2O3S. The Labute approximate surface area is 122 Å². The monoisotopic (exact) mass is 310 g/mol. The maximum Gasteiger partial charge on any atom is 0.245 e. The normalized spacial score (nSPS) is 11.3. The summed E-state index contributed by atoms with van der Waals surface area (Å²) >= 11 is 0. The van der Waals surface area contributed by atoms with Gasteiger partial charge in [-0.15, -0.1) is 0 Å². The van der Waals surface area contributed by atoms with Gasteiger partial charge in [0, 0.05) is 12.1 Å². The van der Waals surface area contributed by atoms with Crippen molar-refractivity contribution in [3.05, 3.63) is 53.8 Å². The topological polar surface area (TPSA) is 81.4 Å². The Morgan fingerprint density at radius 3 is 2.57 bits per heavy atom. The fourth-order valence-electron chi connectivity index (χ4n) is 1.90. The van der Waals surface area contributed by atoms with Crippen LogP contribution >= 0.6 is 0 Å². The second kappa shape index (κ2) is 6.11. The number of sulfonamides is 1. The van der Waals surface area contributed by atoms with Crippen molar-refractivity contribution in [3.8, 4) is 5.75 Å². The van der Waals surface area contributed by atoms with E-state index in [0.717, 1.165) is 6.07 Å². The second-order valence-corrected chi connectivity index (χ2v) is 6.00. The van der Waals surface area contributed by atoms with Crippen LogP contribution in [0.25, 0.3) is 0 Å². The number of anilines is 1. The summed E-state index contributed by atoms with van der Waals surface area (Å²) in [6.45, 7) is -0.0277. The smallest absolute Gasteiger partial charge is 0.245 e. The molecule has 0 spiro atoms. The highest BCUT2D eigenvalue weighted by atomic mass is 32.2. The summed E-state index contributed by atoms with van der Waals surface area (Å²) in [6.07, 6.45) is 0. The van der Waals surface area contributed by atoms with Crippen LogP contribution in [0.15, 0.2) is 47.4 Å². The average Bonchev–Trinajstić information content (AvgIpc) is 2.45. The number of nitrogens with one attached hydrogen (secondary N) is 1. The Balaban J connectivity index is 2.27. The zero-order valence-electron chi connectivity index (χ0n) is 11.3. The lowest BCUT2D eigenvalue weighted by Crippen LogP contribution is -2.25. The summed E-state index contributed by atoms with van der Waals surface area (Å²) in [6, 6.07) is 10.7. The molecule has 0 radical (unpaired) electrons. The molecule has 2 aromatic rings. The van der Waals surface area contributed by atoms with E-state index in [1.54, 1.807) is 24.3 Å². The van der Waals surface area contributed by atoms with Crippen molar-refractivity contribution in [1.82, 2.24) is 4.72 Å². The molecule has 5 nitrogen and oxygen atoms in total. The molecule has 2 aromatic carbocycles. The van der Waals surface area contributed by atoms with E-state index in [2.05, 4.69) is 4.72 Å². The van der Waals surface area contributed by atoms with Gasteiger partial charge in [-0.1, -0.05) is 24.3 Å². The van der Waals surface area contributed by atoms with Crippen molar-refractivity contribution in [2.24, 2.45) is 0 Å². The van der Waals surface area contributed by atoms with Gasteiger partial charge in [0.1, 0.15) is 16.5 Å². The summed E-state index contributed by atoms with van der Waals surface area (Å²) in [7, 11) is -2.56.